The first-order chi connectivity index (χ1) is 41.5. The second-order valence-corrected chi connectivity index (χ2v) is 23.5. The average Bonchev–Trinajstić information content (AvgIpc) is 2.07. The maximum atomic E-state index is 12.5. The zero-order chi connectivity index (χ0) is 59.0. The second kappa shape index (κ2) is 27.9. The van der Waals surface area contributed by atoms with Gasteiger partial charge in [0, 0.05) is 99.8 Å². The number of ether oxygens (including phenoxy) is 4. The molecule has 19 nitrogen and oxygen atoms in total. The Kier molecular flexibility index (Phi) is 19.8. The highest BCUT2D eigenvalue weighted by Gasteiger charge is 2.56. The number of hydrogen-bond acceptors (Lipinski definition) is 17. The van der Waals surface area contributed by atoms with Gasteiger partial charge >= 0.3 is 0 Å². The minimum Gasteiger partial charge on any atom is -0.457 e. The molecule has 7 aliphatic rings. The third kappa shape index (κ3) is 13.6. The van der Waals surface area contributed by atoms with Crippen molar-refractivity contribution in [1.82, 2.24) is 51.7 Å². The van der Waals surface area contributed by atoms with Gasteiger partial charge in [-0.1, -0.05) is 97.5 Å². The van der Waals surface area contributed by atoms with Crippen LogP contribution in [0.4, 0.5) is 0 Å². The van der Waals surface area contributed by atoms with E-state index in [-0.39, 0.29) is 109 Å². The summed E-state index contributed by atoms with van der Waals surface area (Å²) in [6.45, 7) is 16.7. The molecule has 0 bridgehead atoms. The summed E-state index contributed by atoms with van der Waals surface area (Å²) in [7, 11) is 1.66. The number of nitrogens with one attached hydrogen (secondary N) is 6. The van der Waals surface area contributed by atoms with Crippen LogP contribution in [0.15, 0.2) is 128 Å². The first-order valence-electron chi connectivity index (χ1n) is 30.3. The molecule has 19 heteroatoms. The van der Waals surface area contributed by atoms with Crippen LogP contribution in [0.2, 0.25) is 0 Å². The predicted octanol–water partition coefficient (Wildman–Crippen LogP) is 4.83. The summed E-state index contributed by atoms with van der Waals surface area (Å²) in [5.74, 6) is 18.0. The quantitative estimate of drug-likeness (QED) is 0.0525. The summed E-state index contributed by atoms with van der Waals surface area (Å²) in [5, 5.41) is 18.1. The summed E-state index contributed by atoms with van der Waals surface area (Å²) in [6.07, 6.45) is 4.71. The molecule has 0 spiro atoms. The van der Waals surface area contributed by atoms with E-state index in [0.29, 0.717) is 70.8 Å². The first-order valence-corrected chi connectivity index (χ1v) is 30.3. The standard InChI is InChI=1S/C66H84N12O7/c1-6-56(79)75-33-29-44(30-34-75)17-27-52-58(46-19-23-50(24-20-46)83-49-14-9-8-10-15-49)60-62(67)69-40-71-65(60)77(52)42(3)37-82-38-48-13-11-12-16-54(48)84-51-25-21-47(22-26-51)59-53(28-18-45-31-35-76(36-32-45)57(80)7-2)78(66-61(59)63(68)70-41-72-66)43(4)64-73-55(39-81-5)85-74-64/h6-16,19-26,42-45,52-53,55,58-66,69-74H,1-2,29-41,67-68H2,3-5H3. The van der Waals surface area contributed by atoms with E-state index in [9.17, 15) is 9.59 Å². The SMILES string of the molecule is C=CC(=O)N1CCC(C#CC2C(c3ccc(Oc4ccccc4)cc3)C3C(N)NCNC3N2C(C)COCc2ccccc2Oc2ccc(C3C4C(N)NCNC4N(C(C)C4NOC(COC)N4)C3C#CC3CCN(C(=O)C=C)CC3)cc2)CC1. The number of hydroxylamine groups is 1. The first kappa shape index (κ1) is 60.2. The van der Waals surface area contributed by atoms with Crippen molar-refractivity contribution in [3.63, 3.8) is 0 Å². The molecule has 0 radical (unpaired) electrons. The molecule has 7 heterocycles. The van der Waals surface area contributed by atoms with Gasteiger partial charge in [-0.05, 0) is 105 Å². The van der Waals surface area contributed by atoms with Crippen LogP contribution in [-0.2, 0) is 30.5 Å². The topological polar surface area (TPSA) is 217 Å². The molecule has 14 unspecified atom stereocenters. The van der Waals surface area contributed by atoms with E-state index in [1.807, 2.05) is 82.6 Å². The lowest BCUT2D eigenvalue weighted by molar-refractivity contribution is -0.127. The van der Waals surface area contributed by atoms with Gasteiger partial charge in [-0.3, -0.25) is 50.8 Å². The Balaban J connectivity index is 0.809. The Hall–Kier alpha value is -6.50. The van der Waals surface area contributed by atoms with E-state index < -0.39 is 0 Å². The van der Waals surface area contributed by atoms with Crippen LogP contribution < -0.4 is 53.0 Å². The Morgan fingerprint density at radius 3 is 1.72 bits per heavy atom. The van der Waals surface area contributed by atoms with Gasteiger partial charge < -0.3 is 40.2 Å². The fraction of sp³-hybridized carbons (Fsp3) is 0.485. The number of para-hydroxylation sites is 2. The minimum atomic E-state index is -0.303. The van der Waals surface area contributed by atoms with Crippen molar-refractivity contribution in [3.8, 4) is 46.7 Å². The normalized spacial score (nSPS) is 29.8. The van der Waals surface area contributed by atoms with Crippen LogP contribution in [0, 0.1) is 47.4 Å². The lowest BCUT2D eigenvalue weighted by Gasteiger charge is -2.41. The van der Waals surface area contributed by atoms with Crippen LogP contribution in [-0.4, -0.2) is 152 Å². The van der Waals surface area contributed by atoms with Crippen LogP contribution in [0.1, 0.15) is 68.1 Å². The van der Waals surface area contributed by atoms with Crippen LogP contribution >= 0.6 is 0 Å². The summed E-state index contributed by atoms with van der Waals surface area (Å²) in [6, 6.07) is 34.0. The molecular weight excluding hydrogens is 1070 g/mol. The van der Waals surface area contributed by atoms with Gasteiger partial charge in [0.05, 0.1) is 62.7 Å². The predicted molar refractivity (Wildman–Crippen MR) is 325 cm³/mol. The molecule has 11 rings (SSSR count). The summed E-state index contributed by atoms with van der Waals surface area (Å²) in [5.41, 5.74) is 20.5. The molecule has 2 amide bonds. The molecule has 7 fully saturated rings. The molecule has 85 heavy (non-hydrogen) atoms. The van der Waals surface area contributed by atoms with E-state index in [0.717, 1.165) is 53.9 Å². The zero-order valence-electron chi connectivity index (χ0n) is 49.1. The van der Waals surface area contributed by atoms with E-state index in [1.54, 1.807) is 7.11 Å². The van der Waals surface area contributed by atoms with Crippen molar-refractivity contribution in [3.05, 3.63) is 145 Å². The van der Waals surface area contributed by atoms with Crippen molar-refractivity contribution in [2.24, 2.45) is 35.1 Å². The van der Waals surface area contributed by atoms with Gasteiger partial charge in [-0.2, -0.15) is 5.48 Å². The maximum Gasteiger partial charge on any atom is 0.245 e. The van der Waals surface area contributed by atoms with E-state index >= 15 is 0 Å². The third-order valence-electron chi connectivity index (χ3n) is 18.3. The number of rotatable bonds is 17. The second-order valence-electron chi connectivity index (χ2n) is 23.5. The van der Waals surface area contributed by atoms with Crippen molar-refractivity contribution < 1.29 is 33.4 Å². The number of nitrogens with two attached hydrogens (primary N) is 2. The number of hydrogen-bond donors (Lipinski definition) is 8. The molecule has 0 saturated carbocycles. The number of piperidine rings is 2. The molecule has 0 aliphatic carbocycles. The highest BCUT2D eigenvalue weighted by molar-refractivity contribution is 5.87. The van der Waals surface area contributed by atoms with Gasteiger partial charge in [0.2, 0.25) is 11.8 Å². The van der Waals surface area contributed by atoms with Crippen LogP contribution in [0.3, 0.4) is 0 Å². The van der Waals surface area contributed by atoms with Crippen LogP contribution in [0.25, 0.3) is 0 Å². The molecule has 450 valence electrons. The fourth-order valence-electron chi connectivity index (χ4n) is 13.9. The highest BCUT2D eigenvalue weighted by Crippen LogP contribution is 2.47. The number of carbonyl (C=O) groups is 2. The summed E-state index contributed by atoms with van der Waals surface area (Å²) >= 11 is 0. The van der Waals surface area contributed by atoms with E-state index in [1.165, 1.54) is 12.2 Å². The fourth-order valence-corrected chi connectivity index (χ4v) is 13.9. The maximum absolute atomic E-state index is 12.5. The number of fused-ring (bicyclic) bond motifs is 2. The molecule has 0 aromatic heterocycles. The summed E-state index contributed by atoms with van der Waals surface area (Å²) in [4.78, 5) is 39.5. The van der Waals surface area contributed by atoms with E-state index in [2.05, 4.69) is 123 Å². The molecule has 10 N–H and O–H groups in total. The molecule has 4 aromatic carbocycles. The zero-order valence-corrected chi connectivity index (χ0v) is 49.1. The van der Waals surface area contributed by atoms with Gasteiger partial charge in [0.15, 0.2) is 6.23 Å². The Morgan fingerprint density at radius 1 is 0.659 bits per heavy atom. The average molecular weight is 1160 g/mol. The van der Waals surface area contributed by atoms with Crippen LogP contribution in [0.5, 0.6) is 23.0 Å². The van der Waals surface area contributed by atoms with Gasteiger partial charge in [0.1, 0.15) is 23.0 Å². The minimum absolute atomic E-state index is 0.0194. The van der Waals surface area contributed by atoms with Crippen molar-refractivity contribution in [2.45, 2.75) is 119 Å². The Morgan fingerprint density at radius 2 is 1.16 bits per heavy atom. The van der Waals surface area contributed by atoms with Gasteiger partial charge in [-0.15, -0.1) is 0 Å². The number of carbonyl (C=O) groups excluding carboxylic acids is 2. The number of benzene rings is 4. The number of methoxy groups -OCH3 is 1. The highest BCUT2D eigenvalue weighted by atomic mass is 16.7. The third-order valence-corrected chi connectivity index (χ3v) is 18.3. The monoisotopic (exact) mass is 1160 g/mol. The molecule has 7 aliphatic heterocycles. The van der Waals surface area contributed by atoms with Gasteiger partial charge in [-0.25, -0.2) is 0 Å². The van der Waals surface area contributed by atoms with Crippen molar-refractivity contribution in [2.75, 3.05) is 59.8 Å². The Bertz CT molecular complexity index is 3050. The Labute approximate surface area is 500 Å². The lowest BCUT2D eigenvalue weighted by atomic mass is 9.80. The molecule has 4 aromatic rings. The summed E-state index contributed by atoms with van der Waals surface area (Å²) < 4.78 is 25.1. The number of likely N-dealkylation sites (tertiary alicyclic amines) is 4. The molecular formula is C66H84N12O7. The van der Waals surface area contributed by atoms with Crippen molar-refractivity contribution >= 4 is 11.8 Å². The molecule has 7 saturated heterocycles. The largest absolute Gasteiger partial charge is 0.457 e. The smallest absolute Gasteiger partial charge is 0.245 e. The number of amides is 2. The van der Waals surface area contributed by atoms with Crippen molar-refractivity contribution in [1.29, 1.82) is 0 Å². The number of nitrogens with zero attached hydrogens (tertiary/aromatic N) is 4. The lowest BCUT2D eigenvalue weighted by Crippen LogP contribution is -2.66. The van der Waals surface area contributed by atoms with E-state index in [4.69, 9.17) is 35.3 Å². The van der Waals surface area contributed by atoms with Gasteiger partial charge in [0.25, 0.3) is 0 Å². The molecule has 14 atom stereocenters.